The molecule has 2 aromatic carbocycles. The number of aryl methyl sites for hydroxylation is 1. The van der Waals surface area contributed by atoms with Crippen molar-refractivity contribution < 1.29 is 9.47 Å². The average Bonchev–Trinajstić information content (AvgIpc) is 2.52. The number of hydrogen-bond donors (Lipinski definition) is 2. The molecule has 0 heterocycles. The Hall–Kier alpha value is -1.96. The Morgan fingerprint density at radius 1 is 1.13 bits per heavy atom. The van der Waals surface area contributed by atoms with Crippen molar-refractivity contribution in [2.45, 2.75) is 6.92 Å². The van der Waals surface area contributed by atoms with Gasteiger partial charge in [-0.05, 0) is 36.8 Å². The minimum atomic E-state index is 0. The molecule has 0 fully saturated rings. The molecule has 0 aliphatic rings. The molecule has 0 saturated heterocycles. The molecule has 0 atom stereocenters. The number of ether oxygens (including phenoxy) is 2. The molecule has 0 bridgehead atoms. The molecule has 0 saturated carbocycles. The van der Waals surface area contributed by atoms with Crippen LogP contribution in [0.3, 0.4) is 0 Å². The maximum Gasteiger partial charge on any atom is 0.193 e. The van der Waals surface area contributed by atoms with E-state index in [0.29, 0.717) is 19.1 Å². The lowest BCUT2D eigenvalue weighted by Crippen LogP contribution is -2.23. The summed E-state index contributed by atoms with van der Waals surface area (Å²) >= 11 is 0. The standard InChI is InChI=1S/C17H21N3O2.HI/c1-13-5-3-6-14(11-13)20-17(18)19-9-10-22-16-8-4-7-15(12-16)21-2;/h3-8,11-12H,9-10H2,1-2H3,(H3,18,19,20);1H. The van der Waals surface area contributed by atoms with Crippen LogP contribution in [0, 0.1) is 6.92 Å². The molecule has 0 aliphatic carbocycles. The fourth-order valence-electron chi connectivity index (χ4n) is 1.93. The number of halogens is 1. The Bertz CT molecular complexity index is 647. The molecule has 2 aromatic rings. The van der Waals surface area contributed by atoms with Gasteiger partial charge in [-0.2, -0.15) is 0 Å². The normalized spacial score (nSPS) is 10.6. The van der Waals surface area contributed by atoms with Crippen molar-refractivity contribution in [3.8, 4) is 11.5 Å². The van der Waals surface area contributed by atoms with E-state index in [1.165, 1.54) is 5.56 Å². The van der Waals surface area contributed by atoms with Crippen LogP contribution in [0.4, 0.5) is 5.69 Å². The molecule has 0 aliphatic heterocycles. The largest absolute Gasteiger partial charge is 0.497 e. The number of anilines is 1. The highest BCUT2D eigenvalue weighted by molar-refractivity contribution is 14.0. The first-order chi connectivity index (χ1) is 10.7. The maximum absolute atomic E-state index is 5.84. The molecular formula is C17H22IN3O2. The van der Waals surface area contributed by atoms with Gasteiger partial charge in [0.2, 0.25) is 0 Å². The van der Waals surface area contributed by atoms with Crippen molar-refractivity contribution in [2.75, 3.05) is 25.6 Å². The van der Waals surface area contributed by atoms with Gasteiger partial charge in [0.05, 0.1) is 13.7 Å². The molecule has 0 aromatic heterocycles. The molecule has 2 rings (SSSR count). The second-order valence-corrected chi connectivity index (χ2v) is 4.79. The lowest BCUT2D eigenvalue weighted by molar-refractivity contribution is 0.325. The predicted molar refractivity (Wildman–Crippen MR) is 105 cm³/mol. The summed E-state index contributed by atoms with van der Waals surface area (Å²) in [5, 5.41) is 3.05. The van der Waals surface area contributed by atoms with E-state index in [4.69, 9.17) is 15.2 Å². The molecule has 5 nitrogen and oxygen atoms in total. The number of benzene rings is 2. The smallest absolute Gasteiger partial charge is 0.193 e. The summed E-state index contributed by atoms with van der Waals surface area (Å²) in [5.41, 5.74) is 7.94. The van der Waals surface area contributed by atoms with Gasteiger partial charge < -0.3 is 20.5 Å². The first-order valence-electron chi connectivity index (χ1n) is 7.08. The Balaban J connectivity index is 0.00000264. The van der Waals surface area contributed by atoms with Crippen LogP contribution in [0.5, 0.6) is 11.5 Å². The summed E-state index contributed by atoms with van der Waals surface area (Å²) in [6.45, 7) is 2.95. The van der Waals surface area contributed by atoms with E-state index in [9.17, 15) is 0 Å². The van der Waals surface area contributed by atoms with Crippen LogP contribution in [0.15, 0.2) is 53.5 Å². The fourth-order valence-corrected chi connectivity index (χ4v) is 1.93. The first-order valence-corrected chi connectivity index (χ1v) is 7.08. The van der Waals surface area contributed by atoms with Crippen molar-refractivity contribution in [3.05, 3.63) is 54.1 Å². The van der Waals surface area contributed by atoms with Crippen molar-refractivity contribution in [1.82, 2.24) is 0 Å². The Labute approximate surface area is 153 Å². The number of aliphatic imine (C=N–C) groups is 1. The first kappa shape index (κ1) is 19.1. The van der Waals surface area contributed by atoms with Crippen molar-refractivity contribution in [3.63, 3.8) is 0 Å². The highest BCUT2D eigenvalue weighted by Crippen LogP contribution is 2.18. The van der Waals surface area contributed by atoms with Crippen molar-refractivity contribution in [1.29, 1.82) is 0 Å². The summed E-state index contributed by atoms with van der Waals surface area (Å²) in [7, 11) is 1.63. The minimum Gasteiger partial charge on any atom is -0.497 e. The van der Waals surface area contributed by atoms with E-state index < -0.39 is 0 Å². The predicted octanol–water partition coefficient (Wildman–Crippen LogP) is 3.43. The number of nitrogens with two attached hydrogens (primary N) is 1. The SMILES string of the molecule is COc1cccc(OCCN=C(N)Nc2cccc(C)c2)c1.I. The van der Waals surface area contributed by atoms with E-state index in [2.05, 4.69) is 10.3 Å². The Morgan fingerprint density at radius 2 is 1.87 bits per heavy atom. The molecule has 0 amide bonds. The number of nitrogens with one attached hydrogen (secondary N) is 1. The van der Waals surface area contributed by atoms with Crippen LogP contribution in [0.25, 0.3) is 0 Å². The second kappa shape index (κ2) is 9.94. The molecule has 23 heavy (non-hydrogen) atoms. The monoisotopic (exact) mass is 427 g/mol. The zero-order chi connectivity index (χ0) is 15.8. The van der Waals surface area contributed by atoms with Gasteiger partial charge in [0.1, 0.15) is 18.1 Å². The van der Waals surface area contributed by atoms with Gasteiger partial charge >= 0.3 is 0 Å². The van der Waals surface area contributed by atoms with Gasteiger partial charge in [0, 0.05) is 11.8 Å². The third kappa shape index (κ3) is 6.77. The maximum atomic E-state index is 5.84. The van der Waals surface area contributed by atoms with E-state index in [1.807, 2.05) is 55.5 Å². The van der Waals surface area contributed by atoms with Crippen LogP contribution < -0.4 is 20.5 Å². The van der Waals surface area contributed by atoms with Crippen LogP contribution in [0.1, 0.15) is 5.56 Å². The van der Waals surface area contributed by atoms with Crippen LogP contribution >= 0.6 is 24.0 Å². The van der Waals surface area contributed by atoms with E-state index in [0.717, 1.165) is 17.2 Å². The van der Waals surface area contributed by atoms with Gasteiger partial charge in [-0.1, -0.05) is 18.2 Å². The zero-order valence-electron chi connectivity index (χ0n) is 13.3. The average molecular weight is 427 g/mol. The quantitative estimate of drug-likeness (QED) is 0.321. The topological polar surface area (TPSA) is 68.9 Å². The van der Waals surface area contributed by atoms with Crippen molar-refractivity contribution >= 4 is 35.6 Å². The van der Waals surface area contributed by atoms with Gasteiger partial charge in [-0.15, -0.1) is 24.0 Å². The molecule has 0 spiro atoms. The number of rotatable bonds is 6. The Morgan fingerprint density at radius 3 is 2.61 bits per heavy atom. The molecule has 6 heteroatoms. The summed E-state index contributed by atoms with van der Waals surface area (Å²) in [6, 6.07) is 15.4. The van der Waals surface area contributed by atoms with Gasteiger partial charge in [0.15, 0.2) is 5.96 Å². The molecule has 0 unspecified atom stereocenters. The van der Waals surface area contributed by atoms with E-state index in [-0.39, 0.29) is 24.0 Å². The number of methoxy groups -OCH3 is 1. The van der Waals surface area contributed by atoms with E-state index >= 15 is 0 Å². The van der Waals surface area contributed by atoms with Crippen LogP contribution in [-0.4, -0.2) is 26.2 Å². The second-order valence-electron chi connectivity index (χ2n) is 4.79. The number of nitrogens with zero attached hydrogens (tertiary/aromatic N) is 1. The van der Waals surface area contributed by atoms with Gasteiger partial charge in [0.25, 0.3) is 0 Å². The zero-order valence-corrected chi connectivity index (χ0v) is 15.6. The van der Waals surface area contributed by atoms with Crippen LogP contribution in [0.2, 0.25) is 0 Å². The number of guanidine groups is 1. The number of hydrogen-bond acceptors (Lipinski definition) is 3. The molecule has 3 N–H and O–H groups in total. The summed E-state index contributed by atoms with van der Waals surface area (Å²) in [6.07, 6.45) is 0. The summed E-state index contributed by atoms with van der Waals surface area (Å²) in [5.74, 6) is 1.89. The van der Waals surface area contributed by atoms with Crippen molar-refractivity contribution in [2.24, 2.45) is 10.7 Å². The van der Waals surface area contributed by atoms with Crippen LogP contribution in [-0.2, 0) is 0 Å². The highest BCUT2D eigenvalue weighted by Gasteiger charge is 1.97. The third-order valence-electron chi connectivity index (χ3n) is 2.97. The summed E-state index contributed by atoms with van der Waals surface area (Å²) in [4.78, 5) is 4.23. The minimum absolute atomic E-state index is 0. The third-order valence-corrected chi connectivity index (χ3v) is 2.97. The van der Waals surface area contributed by atoms with E-state index in [1.54, 1.807) is 7.11 Å². The lowest BCUT2D eigenvalue weighted by atomic mass is 10.2. The van der Waals surface area contributed by atoms with Gasteiger partial charge in [-0.25, -0.2) is 4.99 Å². The lowest BCUT2D eigenvalue weighted by Gasteiger charge is -2.08. The molecular weight excluding hydrogens is 405 g/mol. The Kier molecular flexibility index (Phi) is 8.25. The fraction of sp³-hybridized carbons (Fsp3) is 0.235. The summed E-state index contributed by atoms with van der Waals surface area (Å²) < 4.78 is 10.7. The molecule has 124 valence electrons. The highest BCUT2D eigenvalue weighted by atomic mass is 127. The van der Waals surface area contributed by atoms with Gasteiger partial charge in [-0.3, -0.25) is 0 Å². The molecule has 0 radical (unpaired) electrons.